The van der Waals surface area contributed by atoms with Crippen molar-refractivity contribution in [2.45, 2.75) is 90.3 Å². The summed E-state index contributed by atoms with van der Waals surface area (Å²) >= 11 is 0. The highest BCUT2D eigenvalue weighted by molar-refractivity contribution is 5.66. The standard InChI is InChI=1S/C29H38O3/c1-20(30)32-23-12-15-27(2)22(19-23)9-10-24-25(27)13-16-28(3)26(24)14-18-29(28,31)17-11-21-7-5-4-6-8-21/h4-8,22-26,31H,9-10,12-16,18-19H2,1-3H3. The highest BCUT2D eigenvalue weighted by atomic mass is 16.5. The molecule has 3 nitrogen and oxygen atoms in total. The van der Waals surface area contributed by atoms with Gasteiger partial charge in [-0.05, 0) is 99.0 Å². The highest BCUT2D eigenvalue weighted by Crippen LogP contribution is 2.68. The molecule has 4 aliphatic carbocycles. The van der Waals surface area contributed by atoms with Crippen molar-refractivity contribution in [3.8, 4) is 11.8 Å². The van der Waals surface area contributed by atoms with E-state index < -0.39 is 5.60 Å². The number of carbonyl (C=O) groups excluding carboxylic acids is 1. The largest absolute Gasteiger partial charge is 0.463 e. The quantitative estimate of drug-likeness (QED) is 0.453. The van der Waals surface area contributed by atoms with E-state index in [1.54, 1.807) is 0 Å². The topological polar surface area (TPSA) is 46.5 Å². The number of carbonyl (C=O) groups is 1. The SMILES string of the molecule is CC(=O)OC1CCC2(C)C(CCC3C2CCC2(C)C3CCC2(O)C#Cc2ccccc2)C1. The van der Waals surface area contributed by atoms with E-state index in [1.807, 2.05) is 30.3 Å². The van der Waals surface area contributed by atoms with E-state index in [-0.39, 0.29) is 17.5 Å². The molecule has 0 amide bonds. The summed E-state index contributed by atoms with van der Waals surface area (Å²) in [6.07, 6.45) is 9.94. The normalized spacial score (nSPS) is 44.9. The van der Waals surface area contributed by atoms with Gasteiger partial charge in [0.2, 0.25) is 0 Å². The molecule has 4 aliphatic rings. The van der Waals surface area contributed by atoms with Crippen LogP contribution in [0.1, 0.15) is 84.1 Å². The maximum absolute atomic E-state index is 11.8. The number of hydrogen-bond donors (Lipinski definition) is 1. The zero-order chi connectivity index (χ0) is 22.6. The summed E-state index contributed by atoms with van der Waals surface area (Å²) < 4.78 is 5.61. The Bertz CT molecular complexity index is 929. The fraction of sp³-hybridized carbons (Fsp3) is 0.690. The molecule has 0 spiro atoms. The first kappa shape index (κ1) is 22.0. The molecular formula is C29H38O3. The number of rotatable bonds is 1. The van der Waals surface area contributed by atoms with Gasteiger partial charge in [0, 0.05) is 17.9 Å². The van der Waals surface area contributed by atoms with Crippen molar-refractivity contribution in [2.75, 3.05) is 0 Å². The van der Waals surface area contributed by atoms with Crippen LogP contribution in [0.2, 0.25) is 0 Å². The van der Waals surface area contributed by atoms with Gasteiger partial charge in [0.1, 0.15) is 11.7 Å². The molecule has 8 unspecified atom stereocenters. The van der Waals surface area contributed by atoms with Gasteiger partial charge in [0.15, 0.2) is 0 Å². The predicted molar refractivity (Wildman–Crippen MR) is 126 cm³/mol. The van der Waals surface area contributed by atoms with E-state index in [4.69, 9.17) is 4.74 Å². The Kier molecular flexibility index (Phi) is 5.44. The minimum Gasteiger partial charge on any atom is -0.463 e. The third kappa shape index (κ3) is 3.41. The molecule has 0 aliphatic heterocycles. The van der Waals surface area contributed by atoms with Crippen molar-refractivity contribution in [1.82, 2.24) is 0 Å². The van der Waals surface area contributed by atoms with Crippen LogP contribution < -0.4 is 0 Å². The molecule has 4 saturated carbocycles. The van der Waals surface area contributed by atoms with Crippen LogP contribution in [0.3, 0.4) is 0 Å². The van der Waals surface area contributed by atoms with Crippen molar-refractivity contribution in [3.63, 3.8) is 0 Å². The van der Waals surface area contributed by atoms with Gasteiger partial charge in [-0.25, -0.2) is 0 Å². The lowest BCUT2D eigenvalue weighted by atomic mass is 9.44. The molecule has 32 heavy (non-hydrogen) atoms. The second kappa shape index (κ2) is 7.91. The van der Waals surface area contributed by atoms with E-state index in [2.05, 4.69) is 25.7 Å². The Morgan fingerprint density at radius 3 is 2.50 bits per heavy atom. The van der Waals surface area contributed by atoms with Gasteiger partial charge < -0.3 is 9.84 Å². The van der Waals surface area contributed by atoms with E-state index in [9.17, 15) is 9.90 Å². The molecule has 8 atom stereocenters. The summed E-state index contributed by atoms with van der Waals surface area (Å²) in [5.41, 5.74) is 0.327. The molecule has 0 saturated heterocycles. The van der Waals surface area contributed by atoms with E-state index in [0.29, 0.717) is 23.2 Å². The minimum absolute atomic E-state index is 0.112. The Morgan fingerprint density at radius 2 is 1.75 bits per heavy atom. The fourth-order valence-corrected chi connectivity index (χ4v) is 8.48. The maximum atomic E-state index is 11.8. The van der Waals surface area contributed by atoms with Gasteiger partial charge >= 0.3 is 5.97 Å². The second-order valence-electron chi connectivity index (χ2n) is 11.6. The summed E-state index contributed by atoms with van der Waals surface area (Å²) in [5.74, 6) is 9.13. The number of esters is 1. The average molecular weight is 435 g/mol. The number of hydrogen-bond acceptors (Lipinski definition) is 3. The van der Waals surface area contributed by atoms with Crippen LogP contribution in [0, 0.1) is 46.3 Å². The third-order valence-corrected chi connectivity index (χ3v) is 10.3. The first-order chi connectivity index (χ1) is 15.3. The molecular weight excluding hydrogens is 396 g/mol. The summed E-state index contributed by atoms with van der Waals surface area (Å²) in [7, 11) is 0. The molecule has 0 aromatic heterocycles. The average Bonchev–Trinajstić information content (AvgIpc) is 3.04. The van der Waals surface area contributed by atoms with Crippen LogP contribution in [0.25, 0.3) is 0 Å². The Labute approximate surface area is 193 Å². The monoisotopic (exact) mass is 434 g/mol. The van der Waals surface area contributed by atoms with E-state index >= 15 is 0 Å². The van der Waals surface area contributed by atoms with Gasteiger partial charge in [0.25, 0.3) is 0 Å². The number of benzene rings is 1. The fourth-order valence-electron chi connectivity index (χ4n) is 8.48. The number of fused-ring (bicyclic) bond motifs is 5. The summed E-state index contributed by atoms with van der Waals surface area (Å²) in [5, 5.41) is 11.8. The van der Waals surface area contributed by atoms with E-state index in [1.165, 1.54) is 26.2 Å². The zero-order valence-corrected chi connectivity index (χ0v) is 19.9. The molecule has 1 aromatic rings. The van der Waals surface area contributed by atoms with Crippen molar-refractivity contribution < 1.29 is 14.6 Å². The highest BCUT2D eigenvalue weighted by Gasteiger charge is 2.64. The first-order valence-corrected chi connectivity index (χ1v) is 12.7. The van der Waals surface area contributed by atoms with Crippen LogP contribution in [0.5, 0.6) is 0 Å². The van der Waals surface area contributed by atoms with Gasteiger partial charge in [-0.15, -0.1) is 0 Å². The molecule has 1 aromatic carbocycles. The van der Waals surface area contributed by atoms with Gasteiger partial charge in [-0.3, -0.25) is 4.79 Å². The predicted octanol–water partition coefficient (Wildman–Crippen LogP) is 5.74. The molecule has 1 N–H and O–H groups in total. The van der Waals surface area contributed by atoms with Crippen LogP contribution in [-0.4, -0.2) is 22.8 Å². The lowest BCUT2D eigenvalue weighted by Crippen LogP contribution is -2.56. The van der Waals surface area contributed by atoms with Crippen LogP contribution in [-0.2, 0) is 9.53 Å². The first-order valence-electron chi connectivity index (χ1n) is 12.7. The lowest BCUT2D eigenvalue weighted by molar-refractivity contribution is -0.163. The molecule has 5 rings (SSSR count). The van der Waals surface area contributed by atoms with Crippen molar-refractivity contribution >= 4 is 5.97 Å². The molecule has 3 heteroatoms. The minimum atomic E-state index is -0.886. The smallest absolute Gasteiger partial charge is 0.302 e. The van der Waals surface area contributed by atoms with E-state index in [0.717, 1.165) is 50.0 Å². The molecule has 172 valence electrons. The molecule has 0 heterocycles. The Hall–Kier alpha value is -1.79. The third-order valence-electron chi connectivity index (χ3n) is 10.3. The second-order valence-corrected chi connectivity index (χ2v) is 11.6. The summed E-state index contributed by atoms with van der Waals surface area (Å²) in [4.78, 5) is 11.5. The summed E-state index contributed by atoms with van der Waals surface area (Å²) in [6.45, 7) is 6.39. The zero-order valence-electron chi connectivity index (χ0n) is 19.9. The summed E-state index contributed by atoms with van der Waals surface area (Å²) in [6, 6.07) is 10.1. The van der Waals surface area contributed by atoms with Gasteiger partial charge in [0.05, 0.1) is 0 Å². The Balaban J connectivity index is 1.36. The number of ether oxygens (including phenoxy) is 1. The van der Waals surface area contributed by atoms with Crippen molar-refractivity contribution in [3.05, 3.63) is 35.9 Å². The van der Waals surface area contributed by atoms with Crippen LogP contribution in [0.4, 0.5) is 0 Å². The molecule has 0 radical (unpaired) electrons. The number of aliphatic hydroxyl groups is 1. The van der Waals surface area contributed by atoms with Crippen LogP contribution in [0.15, 0.2) is 30.3 Å². The van der Waals surface area contributed by atoms with Crippen molar-refractivity contribution in [1.29, 1.82) is 0 Å². The Morgan fingerprint density at radius 1 is 1.00 bits per heavy atom. The molecule has 0 bridgehead atoms. The molecule has 4 fully saturated rings. The maximum Gasteiger partial charge on any atom is 0.302 e. The lowest BCUT2D eigenvalue weighted by Gasteiger charge is -2.61. The van der Waals surface area contributed by atoms with Gasteiger partial charge in [-0.1, -0.05) is 43.9 Å². The van der Waals surface area contributed by atoms with Crippen molar-refractivity contribution in [2.24, 2.45) is 34.5 Å². The van der Waals surface area contributed by atoms with Crippen LogP contribution >= 0.6 is 0 Å². The van der Waals surface area contributed by atoms with Gasteiger partial charge in [-0.2, -0.15) is 0 Å².